The Kier molecular flexibility index (Phi) is 5.89. The minimum absolute atomic E-state index is 0.0662. The van der Waals surface area contributed by atoms with Crippen LogP contribution in [0.4, 0.5) is 8.78 Å². The van der Waals surface area contributed by atoms with Crippen LogP contribution >= 0.6 is 0 Å². The quantitative estimate of drug-likeness (QED) is 0.625. The van der Waals surface area contributed by atoms with E-state index in [1.54, 1.807) is 20.8 Å². The molecule has 2 N–H and O–H groups in total. The molecule has 1 aliphatic heterocycles. The molecule has 0 aromatic rings. The van der Waals surface area contributed by atoms with E-state index >= 15 is 0 Å². The number of ether oxygens (including phenoxy) is 1. The molecule has 4 nitrogen and oxygen atoms in total. The SMILES string of the molecule is CC(C)(C)OC(=O)C[C@@H](N)CCN1CCCCC1(F)F. The first-order valence-electron chi connectivity index (χ1n) is 7.20. The Morgan fingerprint density at radius 1 is 1.40 bits per heavy atom. The van der Waals surface area contributed by atoms with E-state index < -0.39 is 17.7 Å². The Morgan fingerprint density at radius 2 is 2.05 bits per heavy atom. The summed E-state index contributed by atoms with van der Waals surface area (Å²) in [6.45, 7) is 5.96. The van der Waals surface area contributed by atoms with Gasteiger partial charge in [0.15, 0.2) is 0 Å². The van der Waals surface area contributed by atoms with Gasteiger partial charge < -0.3 is 10.5 Å². The molecular weight excluding hydrogens is 266 g/mol. The van der Waals surface area contributed by atoms with E-state index in [-0.39, 0.29) is 25.4 Å². The molecule has 1 aliphatic rings. The van der Waals surface area contributed by atoms with Crippen molar-refractivity contribution in [3.63, 3.8) is 0 Å². The molecule has 0 bridgehead atoms. The van der Waals surface area contributed by atoms with Crippen LogP contribution in [-0.4, -0.2) is 41.6 Å². The van der Waals surface area contributed by atoms with Crippen molar-refractivity contribution >= 4 is 5.97 Å². The van der Waals surface area contributed by atoms with Gasteiger partial charge in [-0.25, -0.2) is 4.90 Å². The van der Waals surface area contributed by atoms with Crippen LogP contribution in [0.25, 0.3) is 0 Å². The van der Waals surface area contributed by atoms with E-state index in [1.165, 1.54) is 4.90 Å². The van der Waals surface area contributed by atoms with Crippen LogP contribution in [0.5, 0.6) is 0 Å². The van der Waals surface area contributed by atoms with Crippen molar-refractivity contribution < 1.29 is 18.3 Å². The second kappa shape index (κ2) is 6.80. The third-order valence-corrected chi connectivity index (χ3v) is 3.24. The van der Waals surface area contributed by atoms with E-state index in [0.29, 0.717) is 19.4 Å². The third-order valence-electron chi connectivity index (χ3n) is 3.24. The normalized spacial score (nSPS) is 21.5. The molecule has 0 saturated carbocycles. The molecule has 20 heavy (non-hydrogen) atoms. The lowest BCUT2D eigenvalue weighted by Gasteiger charge is -2.35. The summed E-state index contributed by atoms with van der Waals surface area (Å²) in [4.78, 5) is 12.8. The predicted molar refractivity (Wildman–Crippen MR) is 73.4 cm³/mol. The molecule has 1 fully saturated rings. The van der Waals surface area contributed by atoms with Crippen molar-refractivity contribution in [2.75, 3.05) is 13.1 Å². The summed E-state index contributed by atoms with van der Waals surface area (Å²) in [5.74, 6) is -0.379. The van der Waals surface area contributed by atoms with Gasteiger partial charge in [0.25, 0.3) is 0 Å². The molecule has 0 aromatic carbocycles. The van der Waals surface area contributed by atoms with Crippen LogP contribution in [-0.2, 0) is 9.53 Å². The molecule has 1 heterocycles. The Morgan fingerprint density at radius 3 is 2.60 bits per heavy atom. The topological polar surface area (TPSA) is 55.6 Å². The Balaban J connectivity index is 2.32. The number of hydrogen-bond acceptors (Lipinski definition) is 4. The van der Waals surface area contributed by atoms with Crippen LogP contribution in [0.1, 0.15) is 52.9 Å². The van der Waals surface area contributed by atoms with Crippen LogP contribution < -0.4 is 5.73 Å². The Hall–Kier alpha value is -0.750. The van der Waals surface area contributed by atoms with Crippen LogP contribution in [0.15, 0.2) is 0 Å². The summed E-state index contributed by atoms with van der Waals surface area (Å²) in [6, 6.07) is -3.17. The first-order valence-corrected chi connectivity index (χ1v) is 7.20. The molecule has 0 amide bonds. The minimum Gasteiger partial charge on any atom is -0.460 e. The van der Waals surface area contributed by atoms with Crippen LogP contribution in [0.2, 0.25) is 0 Å². The Labute approximate surface area is 119 Å². The van der Waals surface area contributed by atoms with Crippen molar-refractivity contribution in [3.05, 3.63) is 0 Å². The molecule has 0 aromatic heterocycles. The number of carbonyl (C=O) groups is 1. The van der Waals surface area contributed by atoms with Gasteiger partial charge in [-0.2, -0.15) is 8.78 Å². The maximum absolute atomic E-state index is 13.6. The number of rotatable bonds is 5. The van der Waals surface area contributed by atoms with Gasteiger partial charge in [-0.3, -0.25) is 4.79 Å². The summed E-state index contributed by atoms with van der Waals surface area (Å²) in [7, 11) is 0. The highest BCUT2D eigenvalue weighted by Gasteiger charge is 2.38. The van der Waals surface area contributed by atoms with Gasteiger partial charge in [0, 0.05) is 25.6 Å². The lowest BCUT2D eigenvalue weighted by Crippen LogP contribution is -2.47. The molecule has 0 aliphatic carbocycles. The molecule has 118 valence electrons. The van der Waals surface area contributed by atoms with E-state index in [4.69, 9.17) is 10.5 Å². The van der Waals surface area contributed by atoms with Crippen molar-refractivity contribution in [1.29, 1.82) is 0 Å². The standard InChI is InChI=1S/C14H26F2N2O2/c1-13(2,3)20-12(19)10-11(17)6-9-18-8-5-4-7-14(18,15)16/h11H,4-10,17H2,1-3H3/t11-/m0/s1. The second-order valence-corrected chi connectivity index (χ2v) is 6.45. The first kappa shape index (κ1) is 17.3. The lowest BCUT2D eigenvalue weighted by atomic mass is 10.1. The van der Waals surface area contributed by atoms with E-state index in [2.05, 4.69) is 0 Å². The highest BCUT2D eigenvalue weighted by molar-refractivity contribution is 5.70. The van der Waals surface area contributed by atoms with Gasteiger partial charge in [0.1, 0.15) is 5.60 Å². The van der Waals surface area contributed by atoms with Crippen molar-refractivity contribution in [2.45, 2.75) is 70.6 Å². The number of carbonyl (C=O) groups excluding carboxylic acids is 1. The fourth-order valence-corrected chi connectivity index (χ4v) is 2.26. The smallest absolute Gasteiger partial charge is 0.307 e. The average molecular weight is 292 g/mol. The summed E-state index contributed by atoms with van der Waals surface area (Å²) >= 11 is 0. The average Bonchev–Trinajstić information content (AvgIpc) is 2.24. The van der Waals surface area contributed by atoms with Crippen molar-refractivity contribution in [3.8, 4) is 0 Å². The monoisotopic (exact) mass is 292 g/mol. The highest BCUT2D eigenvalue weighted by Crippen LogP contribution is 2.31. The summed E-state index contributed by atoms with van der Waals surface area (Å²) in [6.07, 6.45) is 1.70. The number of esters is 1. The maximum Gasteiger partial charge on any atom is 0.307 e. The van der Waals surface area contributed by atoms with E-state index in [0.717, 1.165) is 6.42 Å². The van der Waals surface area contributed by atoms with Crippen molar-refractivity contribution in [2.24, 2.45) is 5.73 Å². The zero-order chi connectivity index (χ0) is 15.4. The largest absolute Gasteiger partial charge is 0.460 e. The molecule has 0 radical (unpaired) electrons. The first-order chi connectivity index (χ1) is 9.10. The van der Waals surface area contributed by atoms with Gasteiger partial charge >= 0.3 is 12.0 Å². The van der Waals surface area contributed by atoms with Gasteiger partial charge in [-0.05, 0) is 40.0 Å². The zero-order valence-electron chi connectivity index (χ0n) is 12.6. The number of nitrogens with two attached hydrogens (primary N) is 1. The number of alkyl halides is 2. The minimum atomic E-state index is -2.73. The summed E-state index contributed by atoms with van der Waals surface area (Å²) in [5.41, 5.74) is 5.28. The molecule has 0 unspecified atom stereocenters. The van der Waals surface area contributed by atoms with Crippen LogP contribution in [0.3, 0.4) is 0 Å². The fourth-order valence-electron chi connectivity index (χ4n) is 2.26. The van der Waals surface area contributed by atoms with Gasteiger partial charge in [0.05, 0.1) is 6.42 Å². The van der Waals surface area contributed by atoms with Gasteiger partial charge in [0.2, 0.25) is 0 Å². The fraction of sp³-hybridized carbons (Fsp3) is 0.929. The van der Waals surface area contributed by atoms with Crippen LogP contribution in [0, 0.1) is 0 Å². The molecular formula is C14H26F2N2O2. The number of hydrogen-bond donors (Lipinski definition) is 1. The number of piperidine rings is 1. The van der Waals surface area contributed by atoms with Gasteiger partial charge in [-0.1, -0.05) is 0 Å². The number of nitrogens with zero attached hydrogens (tertiary/aromatic N) is 1. The molecule has 1 atom stereocenters. The molecule has 0 spiro atoms. The Bertz CT molecular complexity index is 330. The highest BCUT2D eigenvalue weighted by atomic mass is 19.3. The lowest BCUT2D eigenvalue weighted by molar-refractivity contribution is -0.168. The number of likely N-dealkylation sites (tertiary alicyclic amines) is 1. The number of halogens is 2. The second-order valence-electron chi connectivity index (χ2n) is 6.45. The molecule has 1 rings (SSSR count). The van der Waals surface area contributed by atoms with Gasteiger partial charge in [-0.15, -0.1) is 0 Å². The van der Waals surface area contributed by atoms with Crippen molar-refractivity contribution in [1.82, 2.24) is 4.90 Å². The maximum atomic E-state index is 13.6. The van der Waals surface area contributed by atoms with E-state index in [1.807, 2.05) is 0 Å². The third kappa shape index (κ3) is 6.13. The predicted octanol–water partition coefficient (Wildman–Crippen LogP) is 2.51. The summed E-state index contributed by atoms with van der Waals surface area (Å²) in [5, 5.41) is 0. The molecule has 1 saturated heterocycles. The molecule has 6 heteroatoms. The van der Waals surface area contributed by atoms with E-state index in [9.17, 15) is 13.6 Å². The summed E-state index contributed by atoms with van der Waals surface area (Å²) < 4.78 is 32.4. The zero-order valence-corrected chi connectivity index (χ0v) is 12.6.